The van der Waals surface area contributed by atoms with E-state index < -0.39 is 0 Å². The fourth-order valence-corrected chi connectivity index (χ4v) is 1.62. The highest BCUT2D eigenvalue weighted by Crippen LogP contribution is 2.35. The molecular weight excluding hydrogens is 132 g/mol. The second kappa shape index (κ2) is 2.19. The number of hydrogen-bond donors (Lipinski definition) is 1. The third-order valence-corrected chi connectivity index (χ3v) is 2.27. The molecule has 2 bridgehead atoms. The molecule has 2 rings (SSSR count). The van der Waals surface area contributed by atoms with Crippen LogP contribution in [0, 0.1) is 0 Å². The summed E-state index contributed by atoms with van der Waals surface area (Å²) in [5.41, 5.74) is -0.330. The second-order valence-electron chi connectivity index (χ2n) is 3.09. The highest BCUT2D eigenvalue weighted by molar-refractivity contribution is 4.88. The summed E-state index contributed by atoms with van der Waals surface area (Å²) in [6, 6.07) is 0. The van der Waals surface area contributed by atoms with Crippen molar-refractivity contribution in [2.24, 2.45) is 0 Å². The molecule has 2 heterocycles. The van der Waals surface area contributed by atoms with Crippen LogP contribution in [0.5, 0.6) is 0 Å². The lowest BCUT2D eigenvalue weighted by Gasteiger charge is -2.28. The highest BCUT2D eigenvalue weighted by atomic mass is 16.7. The molecular formula is C7H12O3. The summed E-state index contributed by atoms with van der Waals surface area (Å²) < 4.78 is 10.8. The minimum Gasteiger partial charge on any atom is -0.393 e. The Balaban J connectivity index is 2.10. The number of aliphatic hydroxyl groups excluding tert-OH is 1. The van der Waals surface area contributed by atoms with Crippen molar-refractivity contribution < 1.29 is 14.6 Å². The zero-order valence-corrected chi connectivity index (χ0v) is 5.88. The summed E-state index contributed by atoms with van der Waals surface area (Å²) in [5, 5.41) is 8.96. The number of rotatable bonds is 1. The van der Waals surface area contributed by atoms with E-state index in [9.17, 15) is 0 Å². The molecule has 2 saturated heterocycles. The maximum Gasteiger partial charge on any atom is 0.158 e. The first-order chi connectivity index (χ1) is 4.85. The van der Waals surface area contributed by atoms with E-state index in [-0.39, 0.29) is 18.5 Å². The molecule has 0 aromatic rings. The van der Waals surface area contributed by atoms with E-state index in [0.717, 1.165) is 19.3 Å². The molecule has 58 valence electrons. The molecule has 0 saturated carbocycles. The molecule has 2 aliphatic rings. The Morgan fingerprint density at radius 3 is 3.20 bits per heavy atom. The molecule has 3 nitrogen and oxygen atoms in total. The van der Waals surface area contributed by atoms with Gasteiger partial charge in [-0.3, -0.25) is 0 Å². The van der Waals surface area contributed by atoms with Crippen molar-refractivity contribution in [2.45, 2.75) is 31.2 Å². The average molecular weight is 144 g/mol. The van der Waals surface area contributed by atoms with Crippen molar-refractivity contribution in [3.8, 4) is 0 Å². The van der Waals surface area contributed by atoms with Gasteiger partial charge in [0, 0.05) is 0 Å². The van der Waals surface area contributed by atoms with Crippen LogP contribution in [0.1, 0.15) is 19.3 Å². The standard InChI is InChI=1S/C7H12O3/c8-4-7-3-1-2-6(10-7)9-5-7/h6,8H,1-5H2/t6-,7+/m0/s1. The Labute approximate surface area is 59.9 Å². The second-order valence-corrected chi connectivity index (χ2v) is 3.09. The lowest BCUT2D eigenvalue weighted by Crippen LogP contribution is -2.38. The van der Waals surface area contributed by atoms with Crippen molar-refractivity contribution in [2.75, 3.05) is 13.2 Å². The van der Waals surface area contributed by atoms with Gasteiger partial charge >= 0.3 is 0 Å². The molecule has 0 aromatic heterocycles. The van der Waals surface area contributed by atoms with E-state index >= 15 is 0 Å². The van der Waals surface area contributed by atoms with Crippen LogP contribution in [-0.4, -0.2) is 30.2 Å². The summed E-state index contributed by atoms with van der Waals surface area (Å²) in [4.78, 5) is 0. The average Bonchev–Trinajstić information content (AvgIpc) is 2.29. The lowest BCUT2D eigenvalue weighted by molar-refractivity contribution is -0.133. The van der Waals surface area contributed by atoms with Crippen LogP contribution >= 0.6 is 0 Å². The summed E-state index contributed by atoms with van der Waals surface area (Å²) in [6.07, 6.45) is 3.02. The maximum atomic E-state index is 8.96. The van der Waals surface area contributed by atoms with E-state index in [1.54, 1.807) is 0 Å². The van der Waals surface area contributed by atoms with Gasteiger partial charge in [0.25, 0.3) is 0 Å². The monoisotopic (exact) mass is 144 g/mol. The highest BCUT2D eigenvalue weighted by Gasteiger charge is 2.43. The number of ether oxygens (including phenoxy) is 2. The fraction of sp³-hybridized carbons (Fsp3) is 1.00. The zero-order valence-electron chi connectivity index (χ0n) is 5.88. The van der Waals surface area contributed by atoms with Crippen molar-refractivity contribution in [3.63, 3.8) is 0 Å². The van der Waals surface area contributed by atoms with Gasteiger partial charge in [0.05, 0.1) is 13.2 Å². The quantitative estimate of drug-likeness (QED) is 0.574. The van der Waals surface area contributed by atoms with Crippen molar-refractivity contribution in [1.82, 2.24) is 0 Å². The van der Waals surface area contributed by atoms with Gasteiger partial charge in [-0.2, -0.15) is 0 Å². The Bertz CT molecular complexity index is 133. The van der Waals surface area contributed by atoms with E-state index in [4.69, 9.17) is 14.6 Å². The topological polar surface area (TPSA) is 38.7 Å². The van der Waals surface area contributed by atoms with Gasteiger partial charge in [0.1, 0.15) is 5.60 Å². The first kappa shape index (κ1) is 6.58. The smallest absolute Gasteiger partial charge is 0.158 e. The van der Waals surface area contributed by atoms with Gasteiger partial charge in [-0.25, -0.2) is 0 Å². The van der Waals surface area contributed by atoms with Gasteiger partial charge in [-0.15, -0.1) is 0 Å². The Hall–Kier alpha value is -0.120. The first-order valence-electron chi connectivity index (χ1n) is 3.75. The summed E-state index contributed by atoms with van der Waals surface area (Å²) in [6.45, 7) is 0.678. The van der Waals surface area contributed by atoms with Crippen molar-refractivity contribution in [3.05, 3.63) is 0 Å². The molecule has 0 unspecified atom stereocenters. The van der Waals surface area contributed by atoms with Crippen molar-refractivity contribution in [1.29, 1.82) is 0 Å². The third-order valence-electron chi connectivity index (χ3n) is 2.27. The van der Waals surface area contributed by atoms with Gasteiger partial charge in [0.15, 0.2) is 6.29 Å². The Morgan fingerprint density at radius 2 is 2.50 bits per heavy atom. The molecule has 3 heteroatoms. The molecule has 0 spiro atoms. The van der Waals surface area contributed by atoms with Crippen LogP contribution in [-0.2, 0) is 9.47 Å². The lowest BCUT2D eigenvalue weighted by atomic mass is 9.97. The summed E-state index contributed by atoms with van der Waals surface area (Å²) >= 11 is 0. The van der Waals surface area contributed by atoms with E-state index in [0.29, 0.717) is 6.61 Å². The van der Waals surface area contributed by atoms with E-state index in [1.807, 2.05) is 0 Å². The van der Waals surface area contributed by atoms with Gasteiger partial charge in [0.2, 0.25) is 0 Å². The van der Waals surface area contributed by atoms with Crippen LogP contribution in [0.4, 0.5) is 0 Å². The predicted molar refractivity (Wildman–Crippen MR) is 34.5 cm³/mol. The van der Waals surface area contributed by atoms with E-state index in [1.165, 1.54) is 0 Å². The molecule has 0 aromatic carbocycles. The number of fused-ring (bicyclic) bond motifs is 2. The molecule has 0 radical (unpaired) electrons. The van der Waals surface area contributed by atoms with Crippen LogP contribution in [0.15, 0.2) is 0 Å². The molecule has 1 N–H and O–H groups in total. The van der Waals surface area contributed by atoms with Gasteiger partial charge in [-0.1, -0.05) is 0 Å². The summed E-state index contributed by atoms with van der Waals surface area (Å²) in [7, 11) is 0. The SMILES string of the molecule is OC[C@]12CCC[C@@H](OC1)O2. The maximum absolute atomic E-state index is 8.96. The number of hydrogen-bond acceptors (Lipinski definition) is 3. The minimum absolute atomic E-state index is 0.0269. The summed E-state index contributed by atoms with van der Waals surface area (Å²) in [5.74, 6) is 0. The number of aliphatic hydroxyl groups is 1. The van der Waals surface area contributed by atoms with Crippen LogP contribution < -0.4 is 0 Å². The van der Waals surface area contributed by atoms with Crippen molar-refractivity contribution >= 4 is 0 Å². The molecule has 2 fully saturated rings. The molecule has 10 heavy (non-hydrogen) atoms. The van der Waals surface area contributed by atoms with Crippen LogP contribution in [0.25, 0.3) is 0 Å². The first-order valence-corrected chi connectivity index (χ1v) is 3.75. The van der Waals surface area contributed by atoms with Crippen LogP contribution in [0.2, 0.25) is 0 Å². The largest absolute Gasteiger partial charge is 0.393 e. The Morgan fingerprint density at radius 1 is 1.60 bits per heavy atom. The normalized spacial score (nSPS) is 45.9. The van der Waals surface area contributed by atoms with Crippen LogP contribution in [0.3, 0.4) is 0 Å². The molecule has 0 aliphatic carbocycles. The predicted octanol–water partition coefficient (Wildman–Crippen LogP) is 0.274. The molecule has 2 aliphatic heterocycles. The van der Waals surface area contributed by atoms with Gasteiger partial charge < -0.3 is 14.6 Å². The third kappa shape index (κ3) is 0.856. The molecule has 2 atom stereocenters. The fourth-order valence-electron chi connectivity index (χ4n) is 1.62. The molecule has 0 amide bonds. The van der Waals surface area contributed by atoms with E-state index in [2.05, 4.69) is 0 Å². The van der Waals surface area contributed by atoms with Gasteiger partial charge in [-0.05, 0) is 19.3 Å². The Kier molecular flexibility index (Phi) is 1.44. The minimum atomic E-state index is -0.330. The zero-order chi connectivity index (χ0) is 7.03.